The quantitative estimate of drug-likeness (QED) is 0.725. The first-order chi connectivity index (χ1) is 11.1. The maximum Gasteiger partial charge on any atom is 0.161 e. The molecule has 3 rings (SSSR count). The molecule has 0 bridgehead atoms. The molecule has 0 aliphatic heterocycles. The van der Waals surface area contributed by atoms with E-state index >= 15 is 0 Å². The fourth-order valence-corrected chi connectivity index (χ4v) is 2.71. The standard InChI is InChI=1S/C16H14BrFN4O/c1-23-10-4-2-9(3-5-10)7-20-15-13-12(6-11(17)14(15)18)21-8-22-16(13)19/h2-6,8,20H,7H2,1H3,(H2,19,21,22). The Hall–Kier alpha value is -2.41. The minimum atomic E-state index is -0.424. The molecule has 7 heteroatoms. The summed E-state index contributed by atoms with van der Waals surface area (Å²) in [5.41, 5.74) is 7.73. The number of benzene rings is 2. The molecular weight excluding hydrogens is 363 g/mol. The van der Waals surface area contributed by atoms with Crippen molar-refractivity contribution in [2.24, 2.45) is 0 Å². The number of rotatable bonds is 4. The highest BCUT2D eigenvalue weighted by Crippen LogP contribution is 2.34. The molecule has 23 heavy (non-hydrogen) atoms. The maximum atomic E-state index is 14.5. The largest absolute Gasteiger partial charge is 0.497 e. The van der Waals surface area contributed by atoms with E-state index in [0.29, 0.717) is 21.9 Å². The van der Waals surface area contributed by atoms with Crippen LogP contribution in [0, 0.1) is 5.82 Å². The number of nitrogen functional groups attached to an aromatic ring is 1. The van der Waals surface area contributed by atoms with Gasteiger partial charge in [0.05, 0.1) is 28.2 Å². The Labute approximate surface area is 140 Å². The number of halogens is 2. The van der Waals surface area contributed by atoms with Crippen LogP contribution in [0.4, 0.5) is 15.9 Å². The topological polar surface area (TPSA) is 73.1 Å². The lowest BCUT2D eigenvalue weighted by Gasteiger charge is -2.13. The van der Waals surface area contributed by atoms with Crippen molar-refractivity contribution >= 4 is 38.3 Å². The summed E-state index contributed by atoms with van der Waals surface area (Å²) in [4.78, 5) is 8.08. The molecule has 0 spiro atoms. The van der Waals surface area contributed by atoms with Crippen molar-refractivity contribution < 1.29 is 9.13 Å². The van der Waals surface area contributed by atoms with E-state index < -0.39 is 5.82 Å². The second kappa shape index (κ2) is 6.37. The lowest BCUT2D eigenvalue weighted by Crippen LogP contribution is -2.05. The molecule has 0 unspecified atom stereocenters. The van der Waals surface area contributed by atoms with Crippen LogP contribution in [0.5, 0.6) is 5.75 Å². The molecule has 3 aromatic rings. The first-order valence-corrected chi connectivity index (χ1v) is 7.64. The number of nitrogens with two attached hydrogens (primary N) is 1. The Balaban J connectivity index is 1.96. The van der Waals surface area contributed by atoms with E-state index in [9.17, 15) is 4.39 Å². The van der Waals surface area contributed by atoms with E-state index in [2.05, 4.69) is 31.2 Å². The van der Waals surface area contributed by atoms with Crippen molar-refractivity contribution in [3.8, 4) is 5.75 Å². The van der Waals surface area contributed by atoms with Gasteiger partial charge in [0.2, 0.25) is 0 Å². The van der Waals surface area contributed by atoms with E-state index in [0.717, 1.165) is 11.3 Å². The van der Waals surface area contributed by atoms with Gasteiger partial charge < -0.3 is 15.8 Å². The van der Waals surface area contributed by atoms with Crippen LogP contribution in [0.3, 0.4) is 0 Å². The van der Waals surface area contributed by atoms with Crippen molar-refractivity contribution in [2.45, 2.75) is 6.54 Å². The van der Waals surface area contributed by atoms with E-state index in [4.69, 9.17) is 10.5 Å². The van der Waals surface area contributed by atoms with Gasteiger partial charge >= 0.3 is 0 Å². The summed E-state index contributed by atoms with van der Waals surface area (Å²) in [6.45, 7) is 0.431. The molecule has 0 aliphatic rings. The highest BCUT2D eigenvalue weighted by Gasteiger charge is 2.15. The average molecular weight is 377 g/mol. The zero-order valence-electron chi connectivity index (χ0n) is 12.3. The van der Waals surface area contributed by atoms with Crippen LogP contribution < -0.4 is 15.8 Å². The van der Waals surface area contributed by atoms with Gasteiger partial charge in [0, 0.05) is 6.54 Å². The lowest BCUT2D eigenvalue weighted by molar-refractivity contribution is 0.414. The number of aromatic nitrogens is 2. The smallest absolute Gasteiger partial charge is 0.161 e. The zero-order chi connectivity index (χ0) is 16.4. The van der Waals surface area contributed by atoms with Crippen LogP contribution >= 0.6 is 15.9 Å². The number of ether oxygens (including phenoxy) is 1. The molecule has 3 N–H and O–H groups in total. The summed E-state index contributed by atoms with van der Waals surface area (Å²) in [6.07, 6.45) is 1.36. The molecule has 5 nitrogen and oxygen atoms in total. The van der Waals surface area contributed by atoms with E-state index in [-0.39, 0.29) is 11.5 Å². The van der Waals surface area contributed by atoms with Crippen molar-refractivity contribution in [3.63, 3.8) is 0 Å². The SMILES string of the molecule is COc1ccc(CNc2c(F)c(Br)cc3ncnc(N)c23)cc1. The fourth-order valence-electron chi connectivity index (χ4n) is 2.29. The highest BCUT2D eigenvalue weighted by molar-refractivity contribution is 9.10. The Morgan fingerprint density at radius 1 is 1.26 bits per heavy atom. The van der Waals surface area contributed by atoms with Crippen molar-refractivity contribution in [3.05, 3.63) is 52.5 Å². The van der Waals surface area contributed by atoms with Gasteiger partial charge in [-0.2, -0.15) is 0 Å². The monoisotopic (exact) mass is 376 g/mol. The number of hydrogen-bond donors (Lipinski definition) is 2. The van der Waals surface area contributed by atoms with Crippen LogP contribution in [-0.4, -0.2) is 17.1 Å². The predicted octanol–water partition coefficient (Wildman–Crippen LogP) is 3.73. The number of methoxy groups -OCH3 is 1. The molecule has 0 amide bonds. The molecule has 1 heterocycles. The van der Waals surface area contributed by atoms with Gasteiger partial charge in [0.15, 0.2) is 5.82 Å². The van der Waals surface area contributed by atoms with Gasteiger partial charge in [-0.15, -0.1) is 0 Å². The Morgan fingerprint density at radius 3 is 2.70 bits per heavy atom. The van der Waals surface area contributed by atoms with Gasteiger partial charge in [-0.3, -0.25) is 0 Å². The molecule has 0 radical (unpaired) electrons. The van der Waals surface area contributed by atoms with Crippen LogP contribution in [0.1, 0.15) is 5.56 Å². The number of hydrogen-bond acceptors (Lipinski definition) is 5. The highest BCUT2D eigenvalue weighted by atomic mass is 79.9. The number of fused-ring (bicyclic) bond motifs is 1. The molecule has 0 atom stereocenters. The van der Waals surface area contributed by atoms with Gasteiger partial charge in [-0.25, -0.2) is 14.4 Å². The van der Waals surface area contributed by atoms with Crippen molar-refractivity contribution in [1.29, 1.82) is 0 Å². The number of nitrogens with one attached hydrogen (secondary N) is 1. The van der Waals surface area contributed by atoms with Crippen LogP contribution in [0.2, 0.25) is 0 Å². The second-order valence-corrected chi connectivity index (χ2v) is 5.76. The Kier molecular flexibility index (Phi) is 4.29. The van der Waals surface area contributed by atoms with Crippen LogP contribution in [-0.2, 0) is 6.54 Å². The average Bonchev–Trinajstić information content (AvgIpc) is 2.56. The molecule has 0 fully saturated rings. The molecule has 0 saturated carbocycles. The Bertz CT molecular complexity index is 855. The summed E-state index contributed by atoms with van der Waals surface area (Å²) in [5, 5.41) is 3.56. The van der Waals surface area contributed by atoms with Gasteiger partial charge in [-0.1, -0.05) is 12.1 Å². The van der Waals surface area contributed by atoms with Crippen molar-refractivity contribution in [2.75, 3.05) is 18.2 Å². The van der Waals surface area contributed by atoms with Gasteiger partial charge in [0.25, 0.3) is 0 Å². The first-order valence-electron chi connectivity index (χ1n) is 6.85. The molecular formula is C16H14BrFN4O. The third-order valence-corrected chi connectivity index (χ3v) is 4.05. The summed E-state index contributed by atoms with van der Waals surface area (Å²) in [6, 6.07) is 9.10. The van der Waals surface area contributed by atoms with E-state index in [1.54, 1.807) is 13.2 Å². The maximum absolute atomic E-state index is 14.5. The predicted molar refractivity (Wildman–Crippen MR) is 91.9 cm³/mol. The molecule has 118 valence electrons. The number of anilines is 2. The fraction of sp³-hybridized carbons (Fsp3) is 0.125. The first kappa shape index (κ1) is 15.5. The minimum Gasteiger partial charge on any atom is -0.497 e. The summed E-state index contributed by atoms with van der Waals surface area (Å²) in [7, 11) is 1.61. The summed E-state index contributed by atoms with van der Waals surface area (Å²) < 4.78 is 19.9. The number of nitrogens with zero attached hydrogens (tertiary/aromatic N) is 2. The molecule has 2 aromatic carbocycles. The zero-order valence-corrected chi connectivity index (χ0v) is 13.9. The lowest BCUT2D eigenvalue weighted by atomic mass is 10.1. The van der Waals surface area contributed by atoms with Crippen molar-refractivity contribution in [1.82, 2.24) is 9.97 Å². The molecule has 0 saturated heterocycles. The molecule has 0 aliphatic carbocycles. The third-order valence-electron chi connectivity index (χ3n) is 3.48. The van der Waals surface area contributed by atoms with Crippen LogP contribution in [0.15, 0.2) is 41.1 Å². The summed E-state index contributed by atoms with van der Waals surface area (Å²) in [5.74, 6) is 0.580. The minimum absolute atomic E-state index is 0.235. The van der Waals surface area contributed by atoms with Gasteiger partial charge in [0.1, 0.15) is 17.9 Å². The molecule has 1 aromatic heterocycles. The second-order valence-electron chi connectivity index (χ2n) is 4.90. The summed E-state index contributed by atoms with van der Waals surface area (Å²) >= 11 is 3.20. The normalized spacial score (nSPS) is 10.7. The Morgan fingerprint density at radius 2 is 2.00 bits per heavy atom. The van der Waals surface area contributed by atoms with Crippen LogP contribution in [0.25, 0.3) is 10.9 Å². The third kappa shape index (κ3) is 3.05. The van der Waals surface area contributed by atoms with E-state index in [1.165, 1.54) is 6.33 Å². The van der Waals surface area contributed by atoms with Gasteiger partial charge in [-0.05, 0) is 39.7 Å². The van der Waals surface area contributed by atoms with E-state index in [1.807, 2.05) is 24.3 Å².